The smallest absolute Gasteiger partial charge is 0.407 e. The standard InChI is InChI=1S/C14H24N4O4/c1-7-8(5-17-12(16)10(7)15)11(20)9(19)6-18-13(21)22-14(2,3)4/h5,9,11,19-20H,6,15H2,1-4H3,(H2,16,17)(H,18,21). The van der Waals surface area contributed by atoms with Crippen molar-refractivity contribution in [1.29, 1.82) is 0 Å². The minimum absolute atomic E-state index is 0.162. The Kier molecular flexibility index (Phi) is 5.56. The molecular weight excluding hydrogens is 288 g/mol. The summed E-state index contributed by atoms with van der Waals surface area (Å²) < 4.78 is 5.04. The van der Waals surface area contributed by atoms with Gasteiger partial charge in [0.25, 0.3) is 0 Å². The van der Waals surface area contributed by atoms with E-state index in [2.05, 4.69) is 10.3 Å². The van der Waals surface area contributed by atoms with Crippen molar-refractivity contribution in [2.75, 3.05) is 18.0 Å². The van der Waals surface area contributed by atoms with E-state index < -0.39 is 23.9 Å². The van der Waals surface area contributed by atoms with Crippen LogP contribution in [0.5, 0.6) is 0 Å². The molecule has 1 rings (SSSR count). The second-order valence-corrected chi connectivity index (χ2v) is 6.03. The van der Waals surface area contributed by atoms with E-state index in [0.717, 1.165) is 0 Å². The molecule has 1 heterocycles. The fourth-order valence-corrected chi connectivity index (χ4v) is 1.77. The number of hydrogen-bond donors (Lipinski definition) is 5. The second kappa shape index (κ2) is 6.80. The lowest BCUT2D eigenvalue weighted by Gasteiger charge is -2.23. The maximum absolute atomic E-state index is 11.5. The first kappa shape index (κ1) is 18.0. The van der Waals surface area contributed by atoms with E-state index in [9.17, 15) is 15.0 Å². The minimum atomic E-state index is -1.26. The summed E-state index contributed by atoms with van der Waals surface area (Å²) in [6.45, 7) is 6.66. The zero-order chi connectivity index (χ0) is 17.1. The zero-order valence-corrected chi connectivity index (χ0v) is 13.3. The molecule has 8 nitrogen and oxygen atoms in total. The van der Waals surface area contributed by atoms with Crippen LogP contribution in [0.3, 0.4) is 0 Å². The van der Waals surface area contributed by atoms with Crippen molar-refractivity contribution in [3.05, 3.63) is 17.3 Å². The topological polar surface area (TPSA) is 144 Å². The van der Waals surface area contributed by atoms with Crippen LogP contribution < -0.4 is 16.8 Å². The molecule has 0 aliphatic rings. The van der Waals surface area contributed by atoms with E-state index in [-0.39, 0.29) is 18.1 Å². The lowest BCUT2D eigenvalue weighted by molar-refractivity contribution is 0.0125. The molecule has 7 N–H and O–H groups in total. The van der Waals surface area contributed by atoms with Gasteiger partial charge in [-0.05, 0) is 33.3 Å². The Labute approximate surface area is 129 Å². The van der Waals surface area contributed by atoms with Gasteiger partial charge in [-0.3, -0.25) is 0 Å². The number of carbonyl (C=O) groups is 1. The van der Waals surface area contributed by atoms with Crippen molar-refractivity contribution in [3.63, 3.8) is 0 Å². The molecular formula is C14H24N4O4. The minimum Gasteiger partial charge on any atom is -0.444 e. The Morgan fingerprint density at radius 2 is 2.00 bits per heavy atom. The van der Waals surface area contributed by atoms with Crippen LogP contribution in [0.1, 0.15) is 38.0 Å². The Bertz CT molecular complexity index is 542. The summed E-state index contributed by atoms with van der Waals surface area (Å²) >= 11 is 0. The number of alkyl carbamates (subject to hydrolysis) is 1. The molecule has 0 fully saturated rings. The van der Waals surface area contributed by atoms with Crippen molar-refractivity contribution < 1.29 is 19.7 Å². The van der Waals surface area contributed by atoms with Gasteiger partial charge in [0.1, 0.15) is 23.6 Å². The Morgan fingerprint density at radius 3 is 2.55 bits per heavy atom. The number of nitrogens with one attached hydrogen (secondary N) is 1. The fraction of sp³-hybridized carbons (Fsp3) is 0.571. The largest absolute Gasteiger partial charge is 0.444 e. The average Bonchev–Trinajstić information content (AvgIpc) is 2.40. The maximum atomic E-state index is 11.5. The van der Waals surface area contributed by atoms with E-state index in [1.807, 2.05) is 0 Å². The lowest BCUT2D eigenvalue weighted by atomic mass is 10.0. The molecule has 22 heavy (non-hydrogen) atoms. The molecule has 0 saturated heterocycles. The molecule has 2 atom stereocenters. The highest BCUT2D eigenvalue weighted by molar-refractivity contribution is 5.67. The predicted octanol–water partition coefficient (Wildman–Crippen LogP) is 0.473. The van der Waals surface area contributed by atoms with Crippen molar-refractivity contribution in [2.24, 2.45) is 0 Å². The number of hydrogen-bond acceptors (Lipinski definition) is 7. The molecule has 0 aromatic carbocycles. The van der Waals surface area contributed by atoms with Crippen molar-refractivity contribution in [2.45, 2.75) is 45.5 Å². The normalized spacial score (nSPS) is 14.3. The van der Waals surface area contributed by atoms with Gasteiger partial charge in [0.05, 0.1) is 5.69 Å². The van der Waals surface area contributed by atoms with Gasteiger partial charge in [-0.1, -0.05) is 0 Å². The molecule has 2 unspecified atom stereocenters. The van der Waals surface area contributed by atoms with Crippen LogP contribution in [-0.2, 0) is 4.74 Å². The molecule has 0 radical (unpaired) electrons. The molecule has 1 aromatic heterocycles. The van der Waals surface area contributed by atoms with Crippen LogP contribution in [0.25, 0.3) is 0 Å². The summed E-state index contributed by atoms with van der Waals surface area (Å²) in [4.78, 5) is 15.4. The van der Waals surface area contributed by atoms with Gasteiger partial charge in [-0.2, -0.15) is 0 Å². The molecule has 0 bridgehead atoms. The zero-order valence-electron chi connectivity index (χ0n) is 13.3. The Balaban J connectivity index is 2.68. The van der Waals surface area contributed by atoms with Crippen LogP contribution >= 0.6 is 0 Å². The number of ether oxygens (including phenoxy) is 1. The maximum Gasteiger partial charge on any atom is 0.407 e. The van der Waals surface area contributed by atoms with E-state index in [0.29, 0.717) is 11.1 Å². The van der Waals surface area contributed by atoms with Gasteiger partial charge >= 0.3 is 6.09 Å². The molecule has 0 spiro atoms. The van der Waals surface area contributed by atoms with Crippen LogP contribution in [0.2, 0.25) is 0 Å². The third kappa shape index (κ3) is 4.74. The van der Waals surface area contributed by atoms with Crippen molar-refractivity contribution in [1.82, 2.24) is 10.3 Å². The van der Waals surface area contributed by atoms with E-state index in [1.165, 1.54) is 6.20 Å². The number of aliphatic hydroxyl groups is 2. The molecule has 8 heteroatoms. The average molecular weight is 312 g/mol. The quantitative estimate of drug-likeness (QED) is 0.543. The van der Waals surface area contributed by atoms with Gasteiger partial charge in [0.15, 0.2) is 0 Å². The number of aromatic nitrogens is 1. The number of amides is 1. The van der Waals surface area contributed by atoms with E-state index >= 15 is 0 Å². The van der Waals surface area contributed by atoms with Crippen molar-refractivity contribution >= 4 is 17.6 Å². The Morgan fingerprint density at radius 1 is 1.41 bits per heavy atom. The van der Waals surface area contributed by atoms with Gasteiger partial charge in [-0.15, -0.1) is 0 Å². The number of nitrogens with zero attached hydrogens (tertiary/aromatic N) is 1. The molecule has 0 aliphatic heterocycles. The van der Waals surface area contributed by atoms with Crippen LogP contribution in [0.15, 0.2) is 6.20 Å². The molecule has 0 saturated carbocycles. The van der Waals surface area contributed by atoms with E-state index in [1.54, 1.807) is 27.7 Å². The highest BCUT2D eigenvalue weighted by atomic mass is 16.6. The molecule has 1 aromatic rings. The number of nitrogen functional groups attached to an aromatic ring is 2. The summed E-state index contributed by atoms with van der Waals surface area (Å²) in [7, 11) is 0. The number of aliphatic hydroxyl groups excluding tert-OH is 2. The SMILES string of the molecule is Cc1c(C(O)C(O)CNC(=O)OC(C)(C)C)cnc(N)c1N. The molecule has 0 aliphatic carbocycles. The van der Waals surface area contributed by atoms with E-state index in [4.69, 9.17) is 16.2 Å². The molecule has 1 amide bonds. The first-order chi connectivity index (χ1) is 10.0. The number of anilines is 2. The molecule has 124 valence electrons. The number of pyridine rings is 1. The summed E-state index contributed by atoms with van der Waals surface area (Å²) in [5, 5.41) is 22.5. The van der Waals surface area contributed by atoms with Gasteiger partial charge in [-0.25, -0.2) is 9.78 Å². The monoisotopic (exact) mass is 312 g/mol. The number of nitrogens with two attached hydrogens (primary N) is 2. The summed E-state index contributed by atoms with van der Waals surface area (Å²) in [5.41, 5.74) is 11.8. The highest BCUT2D eigenvalue weighted by Gasteiger charge is 2.24. The number of carbonyl (C=O) groups excluding carboxylic acids is 1. The summed E-state index contributed by atoms with van der Waals surface area (Å²) in [5.74, 6) is 0.162. The number of rotatable bonds is 4. The van der Waals surface area contributed by atoms with Gasteiger partial charge in [0, 0.05) is 18.3 Å². The van der Waals surface area contributed by atoms with Gasteiger partial charge < -0.3 is 31.7 Å². The third-order valence-electron chi connectivity index (χ3n) is 2.99. The van der Waals surface area contributed by atoms with Crippen LogP contribution in [0.4, 0.5) is 16.3 Å². The third-order valence-corrected chi connectivity index (χ3v) is 2.99. The van der Waals surface area contributed by atoms with Crippen LogP contribution in [0, 0.1) is 6.92 Å². The first-order valence-electron chi connectivity index (χ1n) is 6.86. The summed E-state index contributed by atoms with van der Waals surface area (Å²) in [6.07, 6.45) is -1.82. The fourth-order valence-electron chi connectivity index (χ4n) is 1.77. The second-order valence-electron chi connectivity index (χ2n) is 6.03. The predicted molar refractivity (Wildman–Crippen MR) is 83.0 cm³/mol. The van der Waals surface area contributed by atoms with Crippen molar-refractivity contribution in [3.8, 4) is 0 Å². The first-order valence-corrected chi connectivity index (χ1v) is 6.86. The van der Waals surface area contributed by atoms with Crippen LogP contribution in [-0.4, -0.2) is 39.5 Å². The highest BCUT2D eigenvalue weighted by Crippen LogP contribution is 2.26. The lowest BCUT2D eigenvalue weighted by Crippen LogP contribution is -2.39. The summed E-state index contributed by atoms with van der Waals surface area (Å²) in [6, 6.07) is 0. The van der Waals surface area contributed by atoms with Gasteiger partial charge in [0.2, 0.25) is 0 Å². The Hall–Kier alpha value is -2.06.